The molecule has 0 saturated carbocycles. The molecule has 2 rings (SSSR count). The fourth-order valence-corrected chi connectivity index (χ4v) is 1.59. The van der Waals surface area contributed by atoms with Crippen molar-refractivity contribution in [1.82, 2.24) is 15.5 Å². The molecule has 0 aliphatic carbocycles. The number of nitriles is 1. The summed E-state index contributed by atoms with van der Waals surface area (Å²) in [5, 5.41) is 15.4. The molecule has 1 aromatic carbocycles. The van der Waals surface area contributed by atoms with Crippen LogP contribution in [0.3, 0.4) is 0 Å². The topological polar surface area (TPSA) is 84.0 Å². The Bertz CT molecular complexity index is 574. The number of ether oxygens (including phenoxy) is 1. The molecule has 0 amide bonds. The average molecular weight is 258 g/mol. The van der Waals surface area contributed by atoms with Crippen LogP contribution in [0.1, 0.15) is 17.3 Å². The van der Waals surface area contributed by atoms with Crippen LogP contribution in [0.2, 0.25) is 0 Å². The molecule has 98 valence electrons. The van der Waals surface area contributed by atoms with Crippen LogP contribution >= 0.6 is 0 Å². The number of nitrogens with one attached hydrogen (secondary N) is 1. The number of hydrogen-bond donors (Lipinski definition) is 1. The molecule has 0 atom stereocenters. The van der Waals surface area contributed by atoms with Crippen LogP contribution in [0.15, 0.2) is 28.8 Å². The molecular weight excluding hydrogens is 244 g/mol. The van der Waals surface area contributed by atoms with Crippen LogP contribution in [0.25, 0.3) is 0 Å². The van der Waals surface area contributed by atoms with E-state index in [1.807, 2.05) is 30.3 Å². The Morgan fingerprint density at radius 2 is 2.32 bits per heavy atom. The van der Waals surface area contributed by atoms with Crippen LogP contribution in [-0.4, -0.2) is 16.7 Å². The highest BCUT2D eigenvalue weighted by Crippen LogP contribution is 2.13. The molecule has 6 heteroatoms. The summed E-state index contributed by atoms with van der Waals surface area (Å²) in [6.07, 6.45) is 0. The van der Waals surface area contributed by atoms with E-state index in [-0.39, 0.29) is 6.61 Å². The molecule has 1 heterocycles. The van der Waals surface area contributed by atoms with Crippen LogP contribution in [-0.2, 0) is 13.1 Å². The second kappa shape index (κ2) is 6.52. The summed E-state index contributed by atoms with van der Waals surface area (Å²) in [6.45, 7) is 3.01. The molecule has 2 aromatic rings. The number of aromatic nitrogens is 2. The number of benzene rings is 1. The van der Waals surface area contributed by atoms with Crippen molar-refractivity contribution in [3.8, 4) is 11.8 Å². The van der Waals surface area contributed by atoms with Crippen molar-refractivity contribution in [1.29, 1.82) is 5.26 Å². The van der Waals surface area contributed by atoms with Gasteiger partial charge in [0.15, 0.2) is 12.4 Å². The van der Waals surface area contributed by atoms with E-state index in [9.17, 15) is 0 Å². The summed E-state index contributed by atoms with van der Waals surface area (Å²) >= 11 is 0. The lowest BCUT2D eigenvalue weighted by atomic mass is 10.2. The third-order valence-corrected chi connectivity index (χ3v) is 2.38. The first-order valence-corrected chi connectivity index (χ1v) is 5.86. The highest BCUT2D eigenvalue weighted by atomic mass is 16.5. The van der Waals surface area contributed by atoms with Gasteiger partial charge in [-0.3, -0.25) is 0 Å². The largest absolute Gasteiger partial charge is 0.479 e. The van der Waals surface area contributed by atoms with Crippen molar-refractivity contribution in [2.45, 2.75) is 20.0 Å². The first kappa shape index (κ1) is 13.1. The maximum Gasteiger partial charge on any atom is 0.240 e. The van der Waals surface area contributed by atoms with E-state index in [0.29, 0.717) is 30.6 Å². The molecule has 0 aliphatic heterocycles. The van der Waals surface area contributed by atoms with Gasteiger partial charge in [-0.25, -0.2) is 0 Å². The molecule has 0 fully saturated rings. The third kappa shape index (κ3) is 4.08. The summed E-state index contributed by atoms with van der Waals surface area (Å²) in [4.78, 5) is 4.10. The first-order chi connectivity index (χ1) is 9.28. The second-order valence-corrected chi connectivity index (χ2v) is 3.93. The Morgan fingerprint density at radius 3 is 3.05 bits per heavy atom. The van der Waals surface area contributed by atoms with Gasteiger partial charge in [0.05, 0.1) is 6.54 Å². The summed E-state index contributed by atoms with van der Waals surface area (Å²) in [5.74, 6) is 1.88. The van der Waals surface area contributed by atoms with Crippen molar-refractivity contribution in [2.75, 3.05) is 6.61 Å². The Kier molecular flexibility index (Phi) is 4.48. The van der Waals surface area contributed by atoms with Crippen LogP contribution < -0.4 is 10.1 Å². The van der Waals surface area contributed by atoms with Gasteiger partial charge in [-0.1, -0.05) is 17.3 Å². The SMILES string of the molecule is Cc1noc(CNCc2cccc(OCC#N)c2)n1. The van der Waals surface area contributed by atoms with Crippen molar-refractivity contribution in [2.24, 2.45) is 0 Å². The van der Waals surface area contributed by atoms with E-state index in [0.717, 1.165) is 5.56 Å². The zero-order chi connectivity index (χ0) is 13.5. The number of hydrogen-bond acceptors (Lipinski definition) is 6. The minimum absolute atomic E-state index is 0.0537. The lowest BCUT2D eigenvalue weighted by Gasteiger charge is -2.05. The lowest BCUT2D eigenvalue weighted by molar-refractivity contribution is 0.362. The Labute approximate surface area is 111 Å². The van der Waals surface area contributed by atoms with Gasteiger partial charge in [0.1, 0.15) is 11.8 Å². The highest BCUT2D eigenvalue weighted by molar-refractivity contribution is 5.28. The van der Waals surface area contributed by atoms with Crippen molar-refractivity contribution >= 4 is 0 Å². The Morgan fingerprint density at radius 1 is 1.42 bits per heavy atom. The zero-order valence-electron chi connectivity index (χ0n) is 10.6. The quantitative estimate of drug-likeness (QED) is 0.846. The van der Waals surface area contributed by atoms with Gasteiger partial charge >= 0.3 is 0 Å². The molecular formula is C13H14N4O2. The standard InChI is InChI=1S/C13H14N4O2/c1-10-16-13(19-17-10)9-15-8-11-3-2-4-12(7-11)18-6-5-14/h2-4,7,15H,6,8-9H2,1H3. The summed E-state index contributed by atoms with van der Waals surface area (Å²) in [5.41, 5.74) is 1.06. The van der Waals surface area contributed by atoms with E-state index < -0.39 is 0 Å². The maximum atomic E-state index is 8.46. The van der Waals surface area contributed by atoms with E-state index >= 15 is 0 Å². The number of rotatable bonds is 6. The number of aryl methyl sites for hydroxylation is 1. The van der Waals surface area contributed by atoms with Crippen molar-refractivity contribution in [3.05, 3.63) is 41.5 Å². The predicted molar refractivity (Wildman–Crippen MR) is 67.1 cm³/mol. The molecule has 0 radical (unpaired) electrons. The van der Waals surface area contributed by atoms with Crippen molar-refractivity contribution in [3.63, 3.8) is 0 Å². The minimum atomic E-state index is 0.0537. The Balaban J connectivity index is 1.84. The lowest BCUT2D eigenvalue weighted by Crippen LogP contribution is -2.13. The second-order valence-electron chi connectivity index (χ2n) is 3.93. The molecule has 0 unspecified atom stereocenters. The molecule has 6 nitrogen and oxygen atoms in total. The number of nitrogens with zero attached hydrogens (tertiary/aromatic N) is 3. The van der Waals surface area contributed by atoms with Gasteiger partial charge in [0.2, 0.25) is 5.89 Å². The summed E-state index contributed by atoms with van der Waals surface area (Å²) in [7, 11) is 0. The molecule has 1 N–H and O–H groups in total. The fourth-order valence-electron chi connectivity index (χ4n) is 1.59. The summed E-state index contributed by atoms with van der Waals surface area (Å²) < 4.78 is 10.2. The van der Waals surface area contributed by atoms with E-state index in [2.05, 4.69) is 15.5 Å². The highest BCUT2D eigenvalue weighted by Gasteiger charge is 2.02. The average Bonchev–Trinajstić information content (AvgIpc) is 2.83. The molecule has 0 bridgehead atoms. The van der Waals surface area contributed by atoms with E-state index in [1.54, 1.807) is 6.92 Å². The zero-order valence-corrected chi connectivity index (χ0v) is 10.6. The van der Waals surface area contributed by atoms with Crippen LogP contribution in [0.4, 0.5) is 0 Å². The molecule has 0 aliphatic rings. The van der Waals surface area contributed by atoms with Gasteiger partial charge in [-0.2, -0.15) is 10.2 Å². The third-order valence-electron chi connectivity index (χ3n) is 2.38. The predicted octanol–water partition coefficient (Wildman–Crippen LogP) is 1.57. The van der Waals surface area contributed by atoms with Gasteiger partial charge in [0, 0.05) is 6.54 Å². The summed E-state index contributed by atoms with van der Waals surface area (Å²) in [6, 6.07) is 9.52. The van der Waals surface area contributed by atoms with Gasteiger partial charge in [0.25, 0.3) is 0 Å². The van der Waals surface area contributed by atoms with Crippen molar-refractivity contribution < 1.29 is 9.26 Å². The van der Waals surface area contributed by atoms with Crippen LogP contribution in [0.5, 0.6) is 5.75 Å². The molecule has 0 spiro atoms. The maximum absolute atomic E-state index is 8.46. The van der Waals surface area contributed by atoms with Gasteiger partial charge < -0.3 is 14.6 Å². The normalized spacial score (nSPS) is 10.1. The molecule has 19 heavy (non-hydrogen) atoms. The molecule has 0 saturated heterocycles. The van der Waals surface area contributed by atoms with E-state index in [4.69, 9.17) is 14.5 Å². The molecule has 1 aromatic heterocycles. The Hall–Kier alpha value is -2.39. The van der Waals surface area contributed by atoms with E-state index in [1.165, 1.54) is 0 Å². The minimum Gasteiger partial charge on any atom is -0.479 e. The van der Waals surface area contributed by atoms with Crippen LogP contribution in [0, 0.1) is 18.3 Å². The monoisotopic (exact) mass is 258 g/mol. The fraction of sp³-hybridized carbons (Fsp3) is 0.308. The van der Waals surface area contributed by atoms with Gasteiger partial charge in [-0.15, -0.1) is 0 Å². The first-order valence-electron chi connectivity index (χ1n) is 5.86. The smallest absolute Gasteiger partial charge is 0.240 e. The van der Waals surface area contributed by atoms with Gasteiger partial charge in [-0.05, 0) is 24.6 Å².